The van der Waals surface area contributed by atoms with E-state index in [1.165, 1.54) is 0 Å². The van der Waals surface area contributed by atoms with Crippen LogP contribution in [0.4, 0.5) is 0 Å². The topological polar surface area (TPSA) is 66.4 Å². The SMILES string of the molecule is CC[C@@H](NC(=O)[C@H](c1ccccc1)C(C)C)C(=O)O. The van der Waals surface area contributed by atoms with Crippen molar-refractivity contribution >= 4 is 11.9 Å². The molecule has 0 aliphatic heterocycles. The van der Waals surface area contributed by atoms with E-state index in [2.05, 4.69) is 5.32 Å². The van der Waals surface area contributed by atoms with Gasteiger partial charge in [0.2, 0.25) is 5.91 Å². The maximum Gasteiger partial charge on any atom is 0.326 e. The second-order valence-corrected chi connectivity index (χ2v) is 4.94. The van der Waals surface area contributed by atoms with Crippen molar-refractivity contribution in [3.8, 4) is 0 Å². The second kappa shape index (κ2) is 6.92. The van der Waals surface area contributed by atoms with Crippen molar-refractivity contribution in [1.29, 1.82) is 0 Å². The molecule has 0 unspecified atom stereocenters. The van der Waals surface area contributed by atoms with Crippen LogP contribution in [0.15, 0.2) is 30.3 Å². The van der Waals surface area contributed by atoms with Crippen LogP contribution in [0.5, 0.6) is 0 Å². The summed E-state index contributed by atoms with van der Waals surface area (Å²) in [5, 5.41) is 11.6. The van der Waals surface area contributed by atoms with Gasteiger partial charge in [0.05, 0.1) is 5.92 Å². The van der Waals surface area contributed by atoms with Crippen LogP contribution in [0, 0.1) is 5.92 Å². The summed E-state index contributed by atoms with van der Waals surface area (Å²) in [5.74, 6) is -1.44. The third-order valence-corrected chi connectivity index (χ3v) is 3.13. The van der Waals surface area contributed by atoms with Crippen molar-refractivity contribution in [3.63, 3.8) is 0 Å². The monoisotopic (exact) mass is 263 g/mol. The fraction of sp³-hybridized carbons (Fsp3) is 0.467. The summed E-state index contributed by atoms with van der Waals surface area (Å²) in [6, 6.07) is 8.62. The Morgan fingerprint density at radius 3 is 2.21 bits per heavy atom. The number of benzene rings is 1. The van der Waals surface area contributed by atoms with E-state index >= 15 is 0 Å². The van der Waals surface area contributed by atoms with Crippen LogP contribution in [-0.4, -0.2) is 23.0 Å². The number of hydrogen-bond acceptors (Lipinski definition) is 2. The summed E-state index contributed by atoms with van der Waals surface area (Å²) in [7, 11) is 0. The Morgan fingerprint density at radius 1 is 1.21 bits per heavy atom. The molecule has 0 aliphatic carbocycles. The minimum Gasteiger partial charge on any atom is -0.480 e. The van der Waals surface area contributed by atoms with E-state index in [1.807, 2.05) is 44.2 Å². The van der Waals surface area contributed by atoms with Crippen molar-refractivity contribution in [2.24, 2.45) is 5.92 Å². The lowest BCUT2D eigenvalue weighted by molar-refractivity contribution is -0.142. The van der Waals surface area contributed by atoms with Crippen molar-refractivity contribution in [2.75, 3.05) is 0 Å². The number of nitrogens with one attached hydrogen (secondary N) is 1. The van der Waals surface area contributed by atoms with E-state index in [-0.39, 0.29) is 17.7 Å². The molecule has 1 amide bonds. The predicted octanol–water partition coefficient (Wildman–Crippen LogP) is 2.41. The molecule has 104 valence electrons. The van der Waals surface area contributed by atoms with Gasteiger partial charge in [0.15, 0.2) is 0 Å². The molecule has 1 aromatic rings. The van der Waals surface area contributed by atoms with Gasteiger partial charge in [-0.05, 0) is 17.9 Å². The number of carbonyl (C=O) groups is 2. The average molecular weight is 263 g/mol. The van der Waals surface area contributed by atoms with Crippen molar-refractivity contribution < 1.29 is 14.7 Å². The number of rotatable bonds is 6. The van der Waals surface area contributed by atoms with Crippen LogP contribution in [0.25, 0.3) is 0 Å². The van der Waals surface area contributed by atoms with Crippen LogP contribution >= 0.6 is 0 Å². The first kappa shape index (κ1) is 15.2. The van der Waals surface area contributed by atoms with E-state index < -0.39 is 12.0 Å². The third kappa shape index (κ3) is 4.09. The minimum atomic E-state index is -0.994. The Morgan fingerprint density at radius 2 is 1.79 bits per heavy atom. The summed E-state index contributed by atoms with van der Waals surface area (Å²) in [4.78, 5) is 23.3. The van der Waals surface area contributed by atoms with Gasteiger partial charge in [-0.3, -0.25) is 4.79 Å². The molecule has 1 aromatic carbocycles. The van der Waals surface area contributed by atoms with E-state index in [4.69, 9.17) is 5.11 Å². The van der Waals surface area contributed by atoms with Crippen LogP contribution in [0.1, 0.15) is 38.7 Å². The van der Waals surface area contributed by atoms with Crippen molar-refractivity contribution in [1.82, 2.24) is 5.32 Å². The Bertz CT molecular complexity index is 428. The van der Waals surface area contributed by atoms with Crippen molar-refractivity contribution in [3.05, 3.63) is 35.9 Å². The largest absolute Gasteiger partial charge is 0.480 e. The first-order valence-electron chi connectivity index (χ1n) is 6.55. The predicted molar refractivity (Wildman–Crippen MR) is 73.9 cm³/mol. The van der Waals surface area contributed by atoms with Crippen LogP contribution in [0.2, 0.25) is 0 Å². The number of carboxylic acids is 1. The number of hydrogen-bond donors (Lipinski definition) is 2. The number of carbonyl (C=O) groups excluding carboxylic acids is 1. The van der Waals surface area contributed by atoms with Gasteiger partial charge in [-0.1, -0.05) is 51.1 Å². The van der Waals surface area contributed by atoms with E-state index in [1.54, 1.807) is 6.92 Å². The Hall–Kier alpha value is -1.84. The maximum atomic E-state index is 12.3. The normalized spacial score (nSPS) is 13.9. The first-order valence-corrected chi connectivity index (χ1v) is 6.55. The fourth-order valence-corrected chi connectivity index (χ4v) is 2.10. The maximum absolute atomic E-state index is 12.3. The molecule has 2 N–H and O–H groups in total. The molecule has 0 saturated heterocycles. The smallest absolute Gasteiger partial charge is 0.326 e. The number of carboxylic acid groups (broad SMARTS) is 1. The number of amides is 1. The molecule has 4 heteroatoms. The molecule has 0 bridgehead atoms. The molecule has 0 aromatic heterocycles. The summed E-state index contributed by atoms with van der Waals surface area (Å²) >= 11 is 0. The summed E-state index contributed by atoms with van der Waals surface area (Å²) in [5.41, 5.74) is 0.912. The minimum absolute atomic E-state index is 0.105. The van der Waals surface area contributed by atoms with Crippen LogP contribution in [0.3, 0.4) is 0 Å². The van der Waals surface area contributed by atoms with Gasteiger partial charge in [-0.15, -0.1) is 0 Å². The Balaban J connectivity index is 2.89. The highest BCUT2D eigenvalue weighted by Crippen LogP contribution is 2.24. The summed E-state index contributed by atoms with van der Waals surface area (Å²) < 4.78 is 0. The lowest BCUT2D eigenvalue weighted by atomic mass is 9.87. The molecule has 0 heterocycles. The molecular weight excluding hydrogens is 242 g/mol. The standard InChI is InChI=1S/C15H21NO3/c1-4-12(15(18)19)16-14(17)13(10(2)3)11-8-6-5-7-9-11/h5-10,12-13H,4H2,1-3H3,(H,16,17)(H,18,19)/t12-,13+/m1/s1. The zero-order valence-corrected chi connectivity index (χ0v) is 11.6. The molecule has 0 fully saturated rings. The second-order valence-electron chi connectivity index (χ2n) is 4.94. The molecule has 19 heavy (non-hydrogen) atoms. The van der Waals surface area contributed by atoms with E-state index in [0.29, 0.717) is 6.42 Å². The molecule has 2 atom stereocenters. The van der Waals surface area contributed by atoms with Gasteiger partial charge < -0.3 is 10.4 Å². The molecule has 0 aliphatic rings. The first-order chi connectivity index (χ1) is 8.97. The highest BCUT2D eigenvalue weighted by atomic mass is 16.4. The molecule has 0 saturated carbocycles. The lowest BCUT2D eigenvalue weighted by Crippen LogP contribution is -2.43. The van der Waals surface area contributed by atoms with Gasteiger partial charge in [-0.25, -0.2) is 4.79 Å². The zero-order chi connectivity index (χ0) is 14.4. The van der Waals surface area contributed by atoms with Gasteiger partial charge in [-0.2, -0.15) is 0 Å². The fourth-order valence-electron chi connectivity index (χ4n) is 2.10. The molecule has 0 spiro atoms. The number of aliphatic carboxylic acids is 1. The van der Waals surface area contributed by atoms with Gasteiger partial charge >= 0.3 is 5.97 Å². The van der Waals surface area contributed by atoms with Gasteiger partial charge in [0.1, 0.15) is 6.04 Å². The molecule has 0 radical (unpaired) electrons. The van der Waals surface area contributed by atoms with Crippen LogP contribution < -0.4 is 5.32 Å². The van der Waals surface area contributed by atoms with E-state index in [9.17, 15) is 9.59 Å². The molecular formula is C15H21NO3. The van der Waals surface area contributed by atoms with Crippen LogP contribution in [-0.2, 0) is 9.59 Å². The zero-order valence-electron chi connectivity index (χ0n) is 11.6. The molecule has 1 rings (SSSR count). The van der Waals surface area contributed by atoms with Gasteiger partial charge in [0.25, 0.3) is 0 Å². The Labute approximate surface area is 113 Å². The summed E-state index contributed by atoms with van der Waals surface area (Å²) in [6.07, 6.45) is 0.376. The lowest BCUT2D eigenvalue weighted by Gasteiger charge is -2.23. The van der Waals surface area contributed by atoms with E-state index in [0.717, 1.165) is 5.56 Å². The Kier molecular flexibility index (Phi) is 5.55. The average Bonchev–Trinajstić information content (AvgIpc) is 2.36. The third-order valence-electron chi connectivity index (χ3n) is 3.13. The van der Waals surface area contributed by atoms with Gasteiger partial charge in [0, 0.05) is 0 Å². The summed E-state index contributed by atoms with van der Waals surface area (Å²) in [6.45, 7) is 5.66. The molecule has 4 nitrogen and oxygen atoms in total. The highest BCUT2D eigenvalue weighted by molar-refractivity contribution is 5.88. The van der Waals surface area contributed by atoms with Crippen molar-refractivity contribution in [2.45, 2.75) is 39.2 Å². The highest BCUT2D eigenvalue weighted by Gasteiger charge is 2.27. The quantitative estimate of drug-likeness (QED) is 0.828.